The van der Waals surface area contributed by atoms with Crippen LogP contribution in [-0.4, -0.2) is 58.9 Å². The molecule has 1 aliphatic rings. The van der Waals surface area contributed by atoms with Crippen molar-refractivity contribution < 1.29 is 19.8 Å². The van der Waals surface area contributed by atoms with Crippen LogP contribution in [0.4, 0.5) is 0 Å². The average molecular weight is 386 g/mol. The van der Waals surface area contributed by atoms with Gasteiger partial charge in [-0.15, -0.1) is 11.3 Å². The summed E-state index contributed by atoms with van der Waals surface area (Å²) < 4.78 is 0. The number of carbonyl (C=O) groups excluding carboxylic acids is 2. The molecule has 2 heterocycles. The van der Waals surface area contributed by atoms with Crippen LogP contribution in [0.1, 0.15) is 27.7 Å². The Morgan fingerprint density at radius 2 is 2.00 bits per heavy atom. The Kier molecular flexibility index (Phi) is 5.62. The number of hydrogen-bond acceptors (Lipinski definition) is 6. The third-order valence-corrected chi connectivity index (χ3v) is 5.35. The van der Waals surface area contributed by atoms with E-state index < -0.39 is 17.7 Å². The lowest BCUT2D eigenvalue weighted by molar-refractivity contribution is -0.129. The highest BCUT2D eigenvalue weighted by Gasteiger charge is 2.43. The van der Waals surface area contributed by atoms with Gasteiger partial charge < -0.3 is 20.0 Å². The molecule has 0 fully saturated rings. The number of nitrogens with zero attached hydrogens (tertiary/aromatic N) is 2. The number of aromatic hydroxyl groups is 1. The Labute approximate surface area is 162 Å². The van der Waals surface area contributed by atoms with Crippen molar-refractivity contribution in [2.45, 2.75) is 12.5 Å². The number of amides is 1. The van der Waals surface area contributed by atoms with Gasteiger partial charge in [-0.1, -0.05) is 18.2 Å². The summed E-state index contributed by atoms with van der Waals surface area (Å²) >= 11 is 1.26. The van der Waals surface area contributed by atoms with Gasteiger partial charge in [0.05, 0.1) is 16.5 Å². The second-order valence-electron chi connectivity index (χ2n) is 6.72. The quantitative estimate of drug-likeness (QED) is 0.715. The second-order valence-corrected chi connectivity index (χ2v) is 7.67. The molecule has 6 nitrogen and oxygen atoms in total. The van der Waals surface area contributed by atoms with Crippen LogP contribution in [-0.2, 0) is 4.79 Å². The molecule has 142 valence electrons. The molecule has 1 unspecified atom stereocenters. The summed E-state index contributed by atoms with van der Waals surface area (Å²) in [5, 5.41) is 22.2. The van der Waals surface area contributed by atoms with E-state index in [1.165, 1.54) is 28.4 Å². The smallest absolute Gasteiger partial charge is 0.290 e. The van der Waals surface area contributed by atoms with Crippen LogP contribution in [0.2, 0.25) is 0 Å². The maximum absolute atomic E-state index is 13.0. The number of benzene rings is 1. The van der Waals surface area contributed by atoms with Crippen molar-refractivity contribution in [2.24, 2.45) is 0 Å². The highest BCUT2D eigenvalue weighted by atomic mass is 32.1. The molecule has 1 amide bonds. The summed E-state index contributed by atoms with van der Waals surface area (Å²) in [4.78, 5) is 29.7. The molecule has 2 N–H and O–H groups in total. The summed E-state index contributed by atoms with van der Waals surface area (Å²) in [6.45, 7) is 1.16. The number of phenols is 1. The molecule has 0 bridgehead atoms. The summed E-state index contributed by atoms with van der Waals surface area (Å²) in [6, 6.07) is 9.17. The highest BCUT2D eigenvalue weighted by molar-refractivity contribution is 7.12. The normalized spacial score (nSPS) is 17.2. The standard InChI is InChI=1S/C20H22N2O4S/c1-21(2)9-5-10-22-17(13-6-3-7-14(23)12-13)16(19(25)20(22)26)18(24)15-8-4-11-27-15/h3-4,6-8,11-12,17,23,25H,5,9-10H2,1-2H3. The maximum Gasteiger partial charge on any atom is 0.290 e. The van der Waals surface area contributed by atoms with Gasteiger partial charge in [-0.05, 0) is 56.2 Å². The number of ketones is 1. The zero-order chi connectivity index (χ0) is 19.6. The number of Topliss-reactive ketones (excluding diaryl/α,β-unsaturated/α-hetero) is 1. The molecule has 0 saturated carbocycles. The maximum atomic E-state index is 13.0. The van der Waals surface area contributed by atoms with Crippen molar-refractivity contribution in [1.29, 1.82) is 0 Å². The van der Waals surface area contributed by atoms with Crippen molar-refractivity contribution in [3.63, 3.8) is 0 Å². The van der Waals surface area contributed by atoms with Gasteiger partial charge in [0, 0.05) is 6.54 Å². The molecule has 27 heavy (non-hydrogen) atoms. The van der Waals surface area contributed by atoms with Crippen LogP contribution in [0.5, 0.6) is 5.75 Å². The first kappa shape index (κ1) is 19.1. The molecule has 0 saturated heterocycles. The molecular formula is C20H22N2O4S. The first-order valence-corrected chi connectivity index (χ1v) is 9.54. The molecule has 7 heteroatoms. The zero-order valence-electron chi connectivity index (χ0n) is 15.3. The molecule has 1 aromatic carbocycles. The molecule has 2 aromatic rings. The van der Waals surface area contributed by atoms with Crippen molar-refractivity contribution in [2.75, 3.05) is 27.2 Å². The van der Waals surface area contributed by atoms with E-state index >= 15 is 0 Å². The van der Waals surface area contributed by atoms with E-state index in [1.807, 2.05) is 19.0 Å². The predicted octanol–water partition coefficient (Wildman–Crippen LogP) is 2.98. The molecule has 0 aliphatic carbocycles. The summed E-state index contributed by atoms with van der Waals surface area (Å²) in [5.41, 5.74) is 0.662. The molecule has 0 radical (unpaired) electrons. The Morgan fingerprint density at radius 1 is 1.22 bits per heavy atom. The number of hydrogen-bond donors (Lipinski definition) is 2. The number of rotatable bonds is 7. The minimum atomic E-state index is -0.721. The van der Waals surface area contributed by atoms with Crippen LogP contribution in [0.3, 0.4) is 0 Å². The number of aliphatic hydroxyl groups is 1. The predicted molar refractivity (Wildman–Crippen MR) is 104 cm³/mol. The molecule has 1 atom stereocenters. The summed E-state index contributed by atoms with van der Waals surface area (Å²) in [5.74, 6) is -1.38. The van der Waals surface area contributed by atoms with E-state index in [9.17, 15) is 19.8 Å². The largest absolute Gasteiger partial charge is 0.508 e. The fourth-order valence-corrected chi connectivity index (χ4v) is 3.93. The Hall–Kier alpha value is -2.64. The van der Waals surface area contributed by atoms with E-state index in [2.05, 4.69) is 0 Å². The van der Waals surface area contributed by atoms with Crippen LogP contribution >= 0.6 is 11.3 Å². The van der Waals surface area contributed by atoms with Gasteiger partial charge in [-0.3, -0.25) is 9.59 Å². The average Bonchev–Trinajstić information content (AvgIpc) is 3.24. The summed E-state index contributed by atoms with van der Waals surface area (Å²) in [7, 11) is 3.89. The first-order valence-electron chi connectivity index (χ1n) is 8.66. The van der Waals surface area contributed by atoms with E-state index in [1.54, 1.807) is 29.6 Å². The van der Waals surface area contributed by atoms with E-state index in [0.29, 0.717) is 23.4 Å². The van der Waals surface area contributed by atoms with Gasteiger partial charge in [-0.25, -0.2) is 0 Å². The first-order chi connectivity index (χ1) is 12.9. The Bertz CT molecular complexity index is 874. The number of aliphatic hydroxyl groups excluding tert-OH is 1. The third kappa shape index (κ3) is 3.89. The van der Waals surface area contributed by atoms with Gasteiger partial charge in [0.2, 0.25) is 5.78 Å². The van der Waals surface area contributed by atoms with Gasteiger partial charge in [0.25, 0.3) is 5.91 Å². The van der Waals surface area contributed by atoms with Gasteiger partial charge >= 0.3 is 0 Å². The lowest BCUT2D eigenvalue weighted by Crippen LogP contribution is -2.33. The zero-order valence-corrected chi connectivity index (χ0v) is 16.1. The third-order valence-electron chi connectivity index (χ3n) is 4.48. The van der Waals surface area contributed by atoms with Gasteiger partial charge in [0.1, 0.15) is 5.75 Å². The van der Waals surface area contributed by atoms with Crippen LogP contribution < -0.4 is 0 Å². The van der Waals surface area contributed by atoms with Crippen molar-refractivity contribution in [3.05, 3.63) is 63.6 Å². The van der Waals surface area contributed by atoms with Crippen LogP contribution in [0.15, 0.2) is 53.1 Å². The van der Waals surface area contributed by atoms with Crippen molar-refractivity contribution >= 4 is 23.0 Å². The fraction of sp³-hybridized carbons (Fsp3) is 0.300. The SMILES string of the molecule is CN(C)CCCN1C(=O)C(O)=C(C(=O)c2cccs2)C1c1cccc(O)c1. The minimum absolute atomic E-state index is 0.0440. The van der Waals surface area contributed by atoms with Crippen molar-refractivity contribution in [3.8, 4) is 5.75 Å². The lowest BCUT2D eigenvalue weighted by atomic mass is 9.95. The summed E-state index contributed by atoms with van der Waals surface area (Å²) in [6.07, 6.45) is 0.696. The molecule has 1 aromatic heterocycles. The van der Waals surface area contributed by atoms with Gasteiger partial charge in [-0.2, -0.15) is 0 Å². The monoisotopic (exact) mass is 386 g/mol. The minimum Gasteiger partial charge on any atom is -0.508 e. The molecule has 1 aliphatic heterocycles. The second kappa shape index (κ2) is 7.94. The lowest BCUT2D eigenvalue weighted by Gasteiger charge is -2.27. The molecule has 3 rings (SSSR count). The Balaban J connectivity index is 2.00. The van der Waals surface area contributed by atoms with E-state index in [-0.39, 0.29) is 17.1 Å². The van der Waals surface area contributed by atoms with E-state index in [4.69, 9.17) is 0 Å². The fourth-order valence-electron chi connectivity index (χ4n) is 3.26. The van der Waals surface area contributed by atoms with Crippen LogP contribution in [0, 0.1) is 0 Å². The van der Waals surface area contributed by atoms with E-state index in [0.717, 1.165) is 6.54 Å². The van der Waals surface area contributed by atoms with Crippen LogP contribution in [0.25, 0.3) is 0 Å². The molecule has 0 spiro atoms. The number of thiophene rings is 1. The number of phenolic OH excluding ortho intramolecular Hbond substituents is 1. The highest BCUT2D eigenvalue weighted by Crippen LogP contribution is 2.40. The number of carbonyl (C=O) groups is 2. The molecular weight excluding hydrogens is 364 g/mol. The Morgan fingerprint density at radius 3 is 2.63 bits per heavy atom. The van der Waals surface area contributed by atoms with Gasteiger partial charge in [0.15, 0.2) is 5.76 Å². The topological polar surface area (TPSA) is 81.1 Å². The van der Waals surface area contributed by atoms with Crippen molar-refractivity contribution in [1.82, 2.24) is 9.80 Å².